The molecule has 1 N–H and O–H groups in total. The van der Waals surface area contributed by atoms with Crippen LogP contribution in [0.25, 0.3) is 0 Å². The lowest BCUT2D eigenvalue weighted by Gasteiger charge is -2.28. The zero-order valence-corrected chi connectivity index (χ0v) is 11.3. The van der Waals surface area contributed by atoms with Crippen LogP contribution in [0.15, 0.2) is 18.2 Å². The third kappa shape index (κ3) is 1.46. The lowest BCUT2D eigenvalue weighted by molar-refractivity contribution is -0.125. The Morgan fingerprint density at radius 1 is 1.28 bits per heavy atom. The largest absolute Gasteiger partial charge is 0.469 e. The molecule has 0 aliphatic carbocycles. The summed E-state index contributed by atoms with van der Waals surface area (Å²) >= 11 is 0. The van der Waals surface area contributed by atoms with E-state index in [-0.39, 0.29) is 29.4 Å². The Morgan fingerprint density at radius 2 is 2.00 bits per heavy atom. The Bertz CT molecular complexity index is 516. The number of amides is 1. The lowest BCUT2D eigenvalue weighted by atomic mass is 9.72. The SMILES string of the molecule is Cc1cccc2c1O[C@@H]1NC(=O)[C@H](C(C)(C)C)[C@H]21. The monoisotopic (exact) mass is 245 g/mol. The standard InChI is InChI=1S/C15H19NO2/c1-8-6-5-7-9-10-11(15(2,3)4)13(17)16-14(10)18-12(8)9/h5-7,10-11,14H,1-4H3,(H,16,17)/t10-,11+,14-/m0/s1. The molecule has 2 heterocycles. The Labute approximate surface area is 108 Å². The van der Waals surface area contributed by atoms with Gasteiger partial charge in [-0.2, -0.15) is 0 Å². The average Bonchev–Trinajstić information content (AvgIpc) is 2.72. The minimum absolute atomic E-state index is 0.0226. The van der Waals surface area contributed by atoms with Gasteiger partial charge in [-0.1, -0.05) is 39.0 Å². The van der Waals surface area contributed by atoms with Crippen LogP contribution in [-0.2, 0) is 4.79 Å². The minimum Gasteiger partial charge on any atom is -0.469 e. The Hall–Kier alpha value is -1.51. The van der Waals surface area contributed by atoms with Gasteiger partial charge in [-0.3, -0.25) is 4.79 Å². The highest BCUT2D eigenvalue weighted by atomic mass is 16.5. The van der Waals surface area contributed by atoms with Gasteiger partial charge in [0.15, 0.2) is 6.23 Å². The summed E-state index contributed by atoms with van der Waals surface area (Å²) in [6, 6.07) is 6.18. The second-order valence-electron chi connectivity index (χ2n) is 6.41. The lowest BCUT2D eigenvalue weighted by Crippen LogP contribution is -2.32. The van der Waals surface area contributed by atoms with Gasteiger partial charge in [-0.25, -0.2) is 0 Å². The maximum Gasteiger partial charge on any atom is 0.227 e. The molecule has 1 fully saturated rings. The number of rotatable bonds is 0. The Balaban J connectivity index is 2.10. The summed E-state index contributed by atoms with van der Waals surface area (Å²) in [4.78, 5) is 12.1. The minimum atomic E-state index is -0.183. The average molecular weight is 245 g/mol. The number of aryl methyl sites for hydroxylation is 1. The van der Waals surface area contributed by atoms with Gasteiger partial charge in [0.1, 0.15) is 5.75 Å². The molecule has 0 unspecified atom stereocenters. The fourth-order valence-corrected chi connectivity index (χ4v) is 3.26. The van der Waals surface area contributed by atoms with Gasteiger partial charge in [-0.05, 0) is 17.9 Å². The molecule has 0 saturated carbocycles. The van der Waals surface area contributed by atoms with Gasteiger partial charge in [0.25, 0.3) is 0 Å². The topological polar surface area (TPSA) is 38.3 Å². The van der Waals surface area contributed by atoms with Crippen molar-refractivity contribution in [3.8, 4) is 5.75 Å². The Morgan fingerprint density at radius 3 is 2.67 bits per heavy atom. The van der Waals surface area contributed by atoms with Crippen molar-refractivity contribution in [3.63, 3.8) is 0 Å². The van der Waals surface area contributed by atoms with Gasteiger partial charge >= 0.3 is 0 Å². The maximum atomic E-state index is 12.1. The van der Waals surface area contributed by atoms with Gasteiger partial charge in [0, 0.05) is 5.56 Å². The van der Waals surface area contributed by atoms with E-state index in [0.29, 0.717) is 0 Å². The van der Waals surface area contributed by atoms with Crippen molar-refractivity contribution in [1.29, 1.82) is 0 Å². The van der Waals surface area contributed by atoms with Crippen molar-refractivity contribution in [1.82, 2.24) is 5.32 Å². The van der Waals surface area contributed by atoms with Crippen molar-refractivity contribution < 1.29 is 9.53 Å². The summed E-state index contributed by atoms with van der Waals surface area (Å²) in [6.45, 7) is 8.40. The van der Waals surface area contributed by atoms with Gasteiger partial charge in [0.2, 0.25) is 5.91 Å². The molecule has 3 nitrogen and oxygen atoms in total. The van der Waals surface area contributed by atoms with Crippen LogP contribution in [0.2, 0.25) is 0 Å². The molecule has 0 spiro atoms. The van der Waals surface area contributed by atoms with Crippen molar-refractivity contribution in [2.45, 2.75) is 39.8 Å². The van der Waals surface area contributed by atoms with E-state index in [4.69, 9.17) is 4.74 Å². The third-order valence-corrected chi connectivity index (χ3v) is 4.03. The molecule has 3 atom stereocenters. The molecule has 2 aliphatic rings. The molecule has 18 heavy (non-hydrogen) atoms. The van der Waals surface area contributed by atoms with Crippen LogP contribution >= 0.6 is 0 Å². The molecular weight excluding hydrogens is 226 g/mol. The van der Waals surface area contributed by atoms with Crippen molar-refractivity contribution in [2.24, 2.45) is 11.3 Å². The molecule has 1 amide bonds. The Kier molecular flexibility index (Phi) is 2.25. The first kappa shape index (κ1) is 11.6. The van der Waals surface area contributed by atoms with Crippen LogP contribution in [-0.4, -0.2) is 12.1 Å². The highest BCUT2D eigenvalue weighted by Gasteiger charge is 2.53. The number of para-hydroxylation sites is 1. The first-order valence-corrected chi connectivity index (χ1v) is 6.46. The van der Waals surface area contributed by atoms with Crippen molar-refractivity contribution in [2.75, 3.05) is 0 Å². The molecule has 1 aromatic rings. The number of hydrogen-bond acceptors (Lipinski definition) is 2. The molecule has 3 heteroatoms. The van der Waals surface area contributed by atoms with E-state index in [9.17, 15) is 4.79 Å². The highest BCUT2D eigenvalue weighted by Crippen LogP contribution is 2.51. The van der Waals surface area contributed by atoms with E-state index in [0.717, 1.165) is 11.3 Å². The van der Waals surface area contributed by atoms with Crippen LogP contribution in [0.3, 0.4) is 0 Å². The van der Waals surface area contributed by atoms with E-state index in [2.05, 4.69) is 32.2 Å². The normalized spacial score (nSPS) is 29.6. The molecule has 2 aliphatic heterocycles. The van der Waals surface area contributed by atoms with Crippen LogP contribution in [0, 0.1) is 18.3 Å². The molecule has 1 saturated heterocycles. The summed E-state index contributed by atoms with van der Waals surface area (Å²) < 4.78 is 5.93. The molecule has 3 rings (SSSR count). The summed E-state index contributed by atoms with van der Waals surface area (Å²) in [7, 11) is 0. The molecule has 96 valence electrons. The highest BCUT2D eigenvalue weighted by molar-refractivity contribution is 5.84. The van der Waals surface area contributed by atoms with Gasteiger partial charge < -0.3 is 10.1 Å². The number of nitrogens with one attached hydrogen (secondary N) is 1. The second-order valence-corrected chi connectivity index (χ2v) is 6.41. The summed E-state index contributed by atoms with van der Waals surface area (Å²) in [5.41, 5.74) is 2.26. The summed E-state index contributed by atoms with van der Waals surface area (Å²) in [5.74, 6) is 1.20. The van der Waals surface area contributed by atoms with Gasteiger partial charge in [0.05, 0.1) is 11.8 Å². The van der Waals surface area contributed by atoms with Crippen LogP contribution in [0.5, 0.6) is 5.75 Å². The maximum absolute atomic E-state index is 12.1. The van der Waals surface area contributed by atoms with Crippen molar-refractivity contribution in [3.05, 3.63) is 29.3 Å². The zero-order chi connectivity index (χ0) is 13.1. The number of ether oxygens (including phenoxy) is 1. The number of hydrogen-bond donors (Lipinski definition) is 1. The molecule has 0 radical (unpaired) electrons. The fourth-order valence-electron chi connectivity index (χ4n) is 3.26. The van der Waals surface area contributed by atoms with Crippen LogP contribution < -0.4 is 10.1 Å². The molecule has 1 aromatic carbocycles. The second kappa shape index (κ2) is 3.50. The quantitative estimate of drug-likeness (QED) is 0.763. The van der Waals surface area contributed by atoms with E-state index in [1.54, 1.807) is 0 Å². The van der Waals surface area contributed by atoms with E-state index in [1.165, 1.54) is 5.56 Å². The van der Waals surface area contributed by atoms with Crippen LogP contribution in [0.1, 0.15) is 37.8 Å². The molecule has 0 aromatic heterocycles. The summed E-state index contributed by atoms with van der Waals surface area (Å²) in [5, 5.41) is 2.99. The van der Waals surface area contributed by atoms with Crippen LogP contribution in [0.4, 0.5) is 0 Å². The first-order chi connectivity index (χ1) is 8.39. The first-order valence-electron chi connectivity index (χ1n) is 6.46. The fraction of sp³-hybridized carbons (Fsp3) is 0.533. The third-order valence-electron chi connectivity index (χ3n) is 4.03. The zero-order valence-electron chi connectivity index (χ0n) is 11.3. The predicted molar refractivity (Wildman–Crippen MR) is 69.4 cm³/mol. The number of benzene rings is 1. The summed E-state index contributed by atoms with van der Waals surface area (Å²) in [6.07, 6.45) is -0.183. The smallest absolute Gasteiger partial charge is 0.227 e. The van der Waals surface area contributed by atoms with E-state index < -0.39 is 0 Å². The van der Waals surface area contributed by atoms with E-state index >= 15 is 0 Å². The molecule has 0 bridgehead atoms. The predicted octanol–water partition coefficient (Wildman–Crippen LogP) is 2.59. The molecular formula is C15H19NO2. The number of carbonyl (C=O) groups is 1. The van der Waals surface area contributed by atoms with E-state index in [1.807, 2.05) is 19.1 Å². The van der Waals surface area contributed by atoms with Crippen molar-refractivity contribution >= 4 is 5.91 Å². The van der Waals surface area contributed by atoms with Gasteiger partial charge in [-0.15, -0.1) is 0 Å². The number of carbonyl (C=O) groups excluding carboxylic acids is 1. The number of fused-ring (bicyclic) bond motifs is 3.